The molecule has 0 saturated carbocycles. The van der Waals surface area contributed by atoms with Crippen molar-refractivity contribution in [3.63, 3.8) is 0 Å². The minimum absolute atomic E-state index is 0.219. The van der Waals surface area contributed by atoms with Gasteiger partial charge in [0.15, 0.2) is 16.3 Å². The highest BCUT2D eigenvalue weighted by molar-refractivity contribution is 7.71. The number of methoxy groups -OCH3 is 1. The average molecular weight is 236 g/mol. The lowest BCUT2D eigenvalue weighted by atomic mass is 10.1. The first-order valence-corrected chi connectivity index (χ1v) is 5.01. The van der Waals surface area contributed by atoms with Crippen molar-refractivity contribution in [1.82, 2.24) is 9.97 Å². The number of nitrogens with one attached hydrogen (secondary N) is 1. The summed E-state index contributed by atoms with van der Waals surface area (Å²) in [6.07, 6.45) is 1.58. The number of rotatable bonds is 2. The minimum Gasteiger partial charge on any atom is -0.494 e. The Hall–Kier alpha value is -1.75. The lowest BCUT2D eigenvalue weighted by Crippen LogP contribution is -1.90. The summed E-state index contributed by atoms with van der Waals surface area (Å²) in [5, 5.41) is 0. The van der Waals surface area contributed by atoms with Gasteiger partial charge in [0, 0.05) is 17.5 Å². The van der Waals surface area contributed by atoms with E-state index < -0.39 is 5.82 Å². The van der Waals surface area contributed by atoms with Gasteiger partial charge in [0.25, 0.3) is 0 Å². The molecule has 0 aliphatic carbocycles. The number of H-pyrrole nitrogens is 1. The quantitative estimate of drug-likeness (QED) is 0.815. The van der Waals surface area contributed by atoms with Crippen LogP contribution in [0.5, 0.6) is 5.75 Å². The average Bonchev–Trinajstić information content (AvgIpc) is 2.29. The summed E-state index contributed by atoms with van der Waals surface area (Å²) in [4.78, 5) is 6.75. The third-order valence-corrected chi connectivity index (χ3v) is 2.34. The third kappa shape index (κ3) is 2.09. The Balaban J connectivity index is 2.49. The molecule has 5 heteroatoms. The number of aromatic amines is 1. The summed E-state index contributed by atoms with van der Waals surface area (Å²) >= 11 is 4.90. The van der Waals surface area contributed by atoms with Crippen LogP contribution in [0.1, 0.15) is 0 Å². The maximum absolute atomic E-state index is 13.5. The standard InChI is InChI=1S/C11H9FN2OS/c1-15-10-3-2-7(6-8(10)12)9-4-5-13-11(16)14-9/h2-6H,1H3,(H,13,14,16). The second-order valence-corrected chi connectivity index (χ2v) is 3.52. The SMILES string of the molecule is COc1ccc(-c2ccnc(=S)[nH]2)cc1F. The molecule has 0 unspecified atom stereocenters. The highest BCUT2D eigenvalue weighted by Gasteiger charge is 2.05. The van der Waals surface area contributed by atoms with Gasteiger partial charge in [0.2, 0.25) is 0 Å². The minimum atomic E-state index is -0.406. The van der Waals surface area contributed by atoms with Crippen molar-refractivity contribution in [2.24, 2.45) is 0 Å². The van der Waals surface area contributed by atoms with E-state index in [2.05, 4.69) is 9.97 Å². The van der Waals surface area contributed by atoms with Gasteiger partial charge in [-0.3, -0.25) is 0 Å². The Kier molecular flexibility index (Phi) is 2.96. The van der Waals surface area contributed by atoms with E-state index >= 15 is 0 Å². The van der Waals surface area contributed by atoms with Crippen LogP contribution >= 0.6 is 12.2 Å². The fourth-order valence-electron chi connectivity index (χ4n) is 1.37. The second kappa shape index (κ2) is 4.40. The van der Waals surface area contributed by atoms with Gasteiger partial charge in [-0.1, -0.05) is 0 Å². The Morgan fingerprint density at radius 2 is 2.19 bits per heavy atom. The van der Waals surface area contributed by atoms with Crippen LogP contribution in [-0.2, 0) is 0 Å². The molecule has 0 bridgehead atoms. The molecule has 0 radical (unpaired) electrons. The highest BCUT2D eigenvalue weighted by atomic mass is 32.1. The van der Waals surface area contributed by atoms with Gasteiger partial charge in [0.1, 0.15) is 0 Å². The van der Waals surface area contributed by atoms with E-state index in [4.69, 9.17) is 17.0 Å². The van der Waals surface area contributed by atoms with Crippen LogP contribution in [0.15, 0.2) is 30.5 Å². The van der Waals surface area contributed by atoms with Gasteiger partial charge in [-0.2, -0.15) is 0 Å². The maximum atomic E-state index is 13.5. The van der Waals surface area contributed by atoms with Crippen LogP contribution in [0, 0.1) is 10.6 Å². The fourth-order valence-corrected chi connectivity index (χ4v) is 1.54. The number of halogens is 1. The van der Waals surface area contributed by atoms with Crippen molar-refractivity contribution in [3.05, 3.63) is 41.1 Å². The summed E-state index contributed by atoms with van der Waals surface area (Å²) in [6.45, 7) is 0. The molecule has 1 heterocycles. The number of aromatic nitrogens is 2. The molecule has 0 atom stereocenters. The first kappa shape index (κ1) is 10.8. The molecule has 2 aromatic rings. The molecule has 1 N–H and O–H groups in total. The van der Waals surface area contributed by atoms with Gasteiger partial charge in [-0.25, -0.2) is 9.37 Å². The monoisotopic (exact) mass is 236 g/mol. The summed E-state index contributed by atoms with van der Waals surface area (Å²) in [5.74, 6) is -0.187. The Morgan fingerprint density at radius 1 is 1.38 bits per heavy atom. The molecule has 82 valence electrons. The van der Waals surface area contributed by atoms with Crippen LogP contribution in [0.3, 0.4) is 0 Å². The normalized spacial score (nSPS) is 10.1. The summed E-state index contributed by atoms with van der Waals surface area (Å²) < 4.78 is 18.7. The van der Waals surface area contributed by atoms with E-state index in [0.717, 1.165) is 5.69 Å². The van der Waals surface area contributed by atoms with Crippen LogP contribution in [0.4, 0.5) is 4.39 Å². The van der Waals surface area contributed by atoms with Crippen molar-refractivity contribution in [3.8, 4) is 17.0 Å². The van der Waals surface area contributed by atoms with Crippen molar-refractivity contribution in [2.45, 2.75) is 0 Å². The second-order valence-electron chi connectivity index (χ2n) is 3.14. The molecule has 0 amide bonds. The molecule has 1 aromatic carbocycles. The number of ether oxygens (including phenoxy) is 1. The van der Waals surface area contributed by atoms with Crippen molar-refractivity contribution in [2.75, 3.05) is 7.11 Å². The van der Waals surface area contributed by atoms with E-state index in [1.54, 1.807) is 24.4 Å². The summed E-state index contributed by atoms with van der Waals surface area (Å²) in [7, 11) is 1.43. The van der Waals surface area contributed by atoms with E-state index in [9.17, 15) is 4.39 Å². The molecular weight excluding hydrogens is 227 g/mol. The van der Waals surface area contributed by atoms with Crippen LogP contribution in [0.25, 0.3) is 11.3 Å². The van der Waals surface area contributed by atoms with Crippen molar-refractivity contribution in [1.29, 1.82) is 0 Å². The molecule has 16 heavy (non-hydrogen) atoms. The zero-order valence-electron chi connectivity index (χ0n) is 8.53. The number of benzene rings is 1. The Morgan fingerprint density at radius 3 is 2.81 bits per heavy atom. The van der Waals surface area contributed by atoms with Crippen molar-refractivity contribution < 1.29 is 9.13 Å². The maximum Gasteiger partial charge on any atom is 0.197 e. The van der Waals surface area contributed by atoms with Crippen molar-refractivity contribution >= 4 is 12.2 Å². The van der Waals surface area contributed by atoms with E-state index in [-0.39, 0.29) is 5.75 Å². The predicted molar refractivity (Wildman–Crippen MR) is 61.4 cm³/mol. The number of hydrogen-bond acceptors (Lipinski definition) is 3. The number of nitrogens with zero attached hydrogens (tertiary/aromatic N) is 1. The first-order chi connectivity index (χ1) is 7.70. The molecule has 0 fully saturated rings. The molecule has 0 spiro atoms. The van der Waals surface area contributed by atoms with Gasteiger partial charge in [0.05, 0.1) is 7.11 Å². The largest absolute Gasteiger partial charge is 0.494 e. The third-order valence-electron chi connectivity index (χ3n) is 2.14. The molecular formula is C11H9FN2OS. The topological polar surface area (TPSA) is 37.9 Å². The molecule has 0 saturated heterocycles. The zero-order chi connectivity index (χ0) is 11.5. The molecule has 1 aromatic heterocycles. The highest BCUT2D eigenvalue weighted by Crippen LogP contribution is 2.23. The van der Waals surface area contributed by atoms with Gasteiger partial charge < -0.3 is 9.72 Å². The lowest BCUT2D eigenvalue weighted by Gasteiger charge is -2.05. The lowest BCUT2D eigenvalue weighted by molar-refractivity contribution is 0.386. The van der Waals surface area contributed by atoms with Crippen LogP contribution in [0.2, 0.25) is 0 Å². The van der Waals surface area contributed by atoms with Crippen LogP contribution < -0.4 is 4.74 Å². The van der Waals surface area contributed by atoms with Gasteiger partial charge >= 0.3 is 0 Å². The zero-order valence-corrected chi connectivity index (χ0v) is 9.34. The molecule has 0 aliphatic heterocycles. The molecule has 2 rings (SSSR count). The molecule has 3 nitrogen and oxygen atoms in total. The number of hydrogen-bond donors (Lipinski definition) is 1. The fraction of sp³-hybridized carbons (Fsp3) is 0.0909. The first-order valence-electron chi connectivity index (χ1n) is 4.60. The van der Waals surface area contributed by atoms with E-state index in [1.165, 1.54) is 13.2 Å². The smallest absolute Gasteiger partial charge is 0.197 e. The summed E-state index contributed by atoms with van der Waals surface area (Å²) in [6, 6.07) is 6.45. The summed E-state index contributed by atoms with van der Waals surface area (Å²) in [5.41, 5.74) is 1.42. The van der Waals surface area contributed by atoms with E-state index in [0.29, 0.717) is 10.3 Å². The Labute approximate surface area is 96.9 Å². The van der Waals surface area contributed by atoms with Crippen LogP contribution in [-0.4, -0.2) is 17.1 Å². The molecule has 0 aliphatic rings. The van der Waals surface area contributed by atoms with Gasteiger partial charge in [-0.05, 0) is 36.5 Å². The Bertz CT molecular complexity index is 568. The van der Waals surface area contributed by atoms with Gasteiger partial charge in [-0.15, -0.1) is 0 Å². The predicted octanol–water partition coefficient (Wildman–Crippen LogP) is 2.95. The van der Waals surface area contributed by atoms with E-state index in [1.807, 2.05) is 0 Å².